The number of carbonyl (C=O) groups excluding carboxylic acids is 1. The Hall–Kier alpha value is -1.09. The molecule has 0 bridgehead atoms. The molecule has 0 unspecified atom stereocenters. The predicted octanol–water partition coefficient (Wildman–Crippen LogP) is 4.19. The van der Waals surface area contributed by atoms with E-state index in [1.54, 1.807) is 0 Å². The minimum atomic E-state index is -1.79. The van der Waals surface area contributed by atoms with E-state index in [4.69, 9.17) is 4.43 Å². The zero-order chi connectivity index (χ0) is 13.3. The first-order chi connectivity index (χ1) is 7.67. The number of benzene rings is 1. The van der Waals surface area contributed by atoms with E-state index in [9.17, 15) is 4.79 Å². The van der Waals surface area contributed by atoms with E-state index in [1.165, 1.54) is 0 Å². The molecule has 0 amide bonds. The van der Waals surface area contributed by atoms with Crippen LogP contribution in [-0.2, 0) is 0 Å². The van der Waals surface area contributed by atoms with Crippen LogP contribution >= 0.6 is 0 Å². The summed E-state index contributed by atoms with van der Waals surface area (Å²) in [4.78, 5) is 10.7. The summed E-state index contributed by atoms with van der Waals surface area (Å²) in [5.41, 5.74) is 1.73. The monoisotopic (exact) mass is 250 g/mol. The summed E-state index contributed by atoms with van der Waals surface area (Å²) in [6, 6.07) is 5.58. The van der Waals surface area contributed by atoms with Crippen molar-refractivity contribution < 1.29 is 9.22 Å². The van der Waals surface area contributed by atoms with Gasteiger partial charge in [0.25, 0.3) is 0 Å². The molecule has 0 saturated carbocycles. The summed E-state index contributed by atoms with van der Waals surface area (Å²) < 4.78 is 6.22. The number of rotatable bonds is 3. The fourth-order valence-corrected chi connectivity index (χ4v) is 2.37. The van der Waals surface area contributed by atoms with Gasteiger partial charge in [-0.1, -0.05) is 20.8 Å². The second kappa shape index (κ2) is 4.65. The van der Waals surface area contributed by atoms with Gasteiger partial charge in [0, 0.05) is 5.56 Å². The molecule has 17 heavy (non-hydrogen) atoms. The van der Waals surface area contributed by atoms with Crippen molar-refractivity contribution in [2.75, 3.05) is 0 Å². The van der Waals surface area contributed by atoms with Gasteiger partial charge in [0.05, 0.1) is 0 Å². The van der Waals surface area contributed by atoms with Gasteiger partial charge >= 0.3 is 0 Å². The van der Waals surface area contributed by atoms with E-state index in [0.717, 1.165) is 17.6 Å². The van der Waals surface area contributed by atoms with Crippen molar-refractivity contribution in [1.82, 2.24) is 0 Å². The Morgan fingerprint density at radius 2 is 1.82 bits per heavy atom. The van der Waals surface area contributed by atoms with Crippen LogP contribution in [0, 0.1) is 6.92 Å². The topological polar surface area (TPSA) is 26.3 Å². The zero-order valence-corrected chi connectivity index (χ0v) is 12.6. The van der Waals surface area contributed by atoms with Crippen molar-refractivity contribution >= 4 is 14.6 Å². The molecular formula is C14H22O2Si. The van der Waals surface area contributed by atoms with E-state index >= 15 is 0 Å². The Labute approximate surface area is 105 Å². The van der Waals surface area contributed by atoms with Gasteiger partial charge in [-0.3, -0.25) is 4.79 Å². The average Bonchev–Trinajstić information content (AvgIpc) is 2.19. The highest BCUT2D eigenvalue weighted by Gasteiger charge is 2.39. The highest BCUT2D eigenvalue weighted by molar-refractivity contribution is 6.74. The first-order valence-corrected chi connectivity index (χ1v) is 8.83. The van der Waals surface area contributed by atoms with Crippen molar-refractivity contribution in [3.63, 3.8) is 0 Å². The van der Waals surface area contributed by atoms with Crippen molar-refractivity contribution in [3.8, 4) is 5.75 Å². The minimum absolute atomic E-state index is 0.183. The Kier molecular flexibility index (Phi) is 3.82. The number of hydrogen-bond acceptors (Lipinski definition) is 2. The summed E-state index contributed by atoms with van der Waals surface area (Å²) in [5.74, 6) is 0.905. The summed E-state index contributed by atoms with van der Waals surface area (Å²) in [6.07, 6.45) is 0.864. The quantitative estimate of drug-likeness (QED) is 0.594. The zero-order valence-electron chi connectivity index (χ0n) is 11.6. The Morgan fingerprint density at radius 3 is 2.24 bits per heavy atom. The molecule has 94 valence electrons. The molecule has 1 aromatic carbocycles. The molecule has 0 spiro atoms. The van der Waals surface area contributed by atoms with Gasteiger partial charge in [-0.25, -0.2) is 0 Å². The highest BCUT2D eigenvalue weighted by Crippen LogP contribution is 2.38. The van der Waals surface area contributed by atoms with E-state index in [-0.39, 0.29) is 5.04 Å². The van der Waals surface area contributed by atoms with Crippen LogP contribution in [0.1, 0.15) is 36.7 Å². The maximum absolute atomic E-state index is 10.7. The Balaban J connectivity index is 3.00. The molecule has 3 heteroatoms. The van der Waals surface area contributed by atoms with Crippen LogP contribution in [0.2, 0.25) is 18.1 Å². The van der Waals surface area contributed by atoms with E-state index < -0.39 is 8.32 Å². The largest absolute Gasteiger partial charge is 0.543 e. The standard InChI is InChI=1S/C14H22O2Si/c1-11-9-12(10-15)7-8-13(11)16-17(5,6)14(2,3)4/h7-10H,1-6H3. The predicted molar refractivity (Wildman–Crippen MR) is 74.4 cm³/mol. The third-order valence-electron chi connectivity index (χ3n) is 3.51. The van der Waals surface area contributed by atoms with Crippen LogP contribution in [0.4, 0.5) is 0 Å². The SMILES string of the molecule is Cc1cc(C=O)ccc1O[Si](C)(C)C(C)(C)C. The summed E-state index contributed by atoms with van der Waals surface area (Å²) in [7, 11) is -1.79. The van der Waals surface area contributed by atoms with E-state index in [1.807, 2.05) is 25.1 Å². The lowest BCUT2D eigenvalue weighted by atomic mass is 10.1. The van der Waals surface area contributed by atoms with Gasteiger partial charge in [0.2, 0.25) is 8.32 Å². The van der Waals surface area contributed by atoms with Gasteiger partial charge in [-0.2, -0.15) is 0 Å². The fourth-order valence-electron chi connectivity index (χ4n) is 1.29. The second-order valence-corrected chi connectivity index (χ2v) is 10.7. The van der Waals surface area contributed by atoms with E-state index in [2.05, 4.69) is 33.9 Å². The maximum atomic E-state index is 10.7. The molecule has 0 N–H and O–H groups in total. The lowest BCUT2D eigenvalue weighted by molar-refractivity contribution is 0.112. The molecule has 0 aliphatic carbocycles. The van der Waals surface area contributed by atoms with Crippen LogP contribution in [0.15, 0.2) is 18.2 Å². The van der Waals surface area contributed by atoms with Crippen LogP contribution in [0.5, 0.6) is 5.75 Å². The van der Waals surface area contributed by atoms with Gasteiger partial charge in [-0.15, -0.1) is 0 Å². The van der Waals surface area contributed by atoms with Gasteiger partial charge in [0.1, 0.15) is 12.0 Å². The Morgan fingerprint density at radius 1 is 1.24 bits per heavy atom. The summed E-state index contributed by atoms with van der Waals surface area (Å²) in [5, 5.41) is 0.183. The molecule has 0 aromatic heterocycles. The van der Waals surface area contributed by atoms with Crippen molar-refractivity contribution in [2.45, 2.75) is 45.8 Å². The normalized spacial score (nSPS) is 12.4. The molecular weight excluding hydrogens is 228 g/mol. The van der Waals surface area contributed by atoms with Crippen LogP contribution in [-0.4, -0.2) is 14.6 Å². The van der Waals surface area contributed by atoms with Crippen molar-refractivity contribution in [2.24, 2.45) is 0 Å². The molecule has 1 rings (SSSR count). The molecule has 1 aromatic rings. The molecule has 2 nitrogen and oxygen atoms in total. The summed E-state index contributed by atoms with van der Waals surface area (Å²) in [6.45, 7) is 13.1. The first kappa shape index (κ1) is 14.0. The minimum Gasteiger partial charge on any atom is -0.543 e. The lowest BCUT2D eigenvalue weighted by Gasteiger charge is -2.36. The van der Waals surface area contributed by atoms with Gasteiger partial charge < -0.3 is 4.43 Å². The highest BCUT2D eigenvalue weighted by atomic mass is 28.4. The molecule has 0 aliphatic heterocycles. The van der Waals surface area contributed by atoms with Crippen LogP contribution in [0.3, 0.4) is 0 Å². The molecule has 0 radical (unpaired) electrons. The first-order valence-electron chi connectivity index (χ1n) is 5.92. The number of hydrogen-bond donors (Lipinski definition) is 0. The summed E-state index contributed by atoms with van der Waals surface area (Å²) >= 11 is 0. The fraction of sp³-hybridized carbons (Fsp3) is 0.500. The lowest BCUT2D eigenvalue weighted by Crippen LogP contribution is -2.44. The maximum Gasteiger partial charge on any atom is 0.250 e. The van der Waals surface area contributed by atoms with Crippen LogP contribution < -0.4 is 4.43 Å². The third kappa shape index (κ3) is 3.19. The Bertz CT molecular complexity index is 417. The number of aryl methyl sites for hydroxylation is 1. The number of aldehydes is 1. The second-order valence-electron chi connectivity index (χ2n) is 6.01. The molecule has 0 atom stereocenters. The van der Waals surface area contributed by atoms with Gasteiger partial charge in [-0.05, 0) is 48.8 Å². The molecule has 0 aliphatic rings. The van der Waals surface area contributed by atoms with Crippen LogP contribution in [0.25, 0.3) is 0 Å². The molecule has 0 fully saturated rings. The van der Waals surface area contributed by atoms with Crippen molar-refractivity contribution in [1.29, 1.82) is 0 Å². The smallest absolute Gasteiger partial charge is 0.250 e. The number of carbonyl (C=O) groups is 1. The third-order valence-corrected chi connectivity index (χ3v) is 7.85. The van der Waals surface area contributed by atoms with E-state index in [0.29, 0.717) is 5.56 Å². The van der Waals surface area contributed by atoms with Crippen molar-refractivity contribution in [3.05, 3.63) is 29.3 Å². The average molecular weight is 250 g/mol. The molecule has 0 heterocycles. The van der Waals surface area contributed by atoms with Gasteiger partial charge in [0.15, 0.2) is 0 Å². The molecule has 0 saturated heterocycles.